The Morgan fingerprint density at radius 2 is 1.57 bits per heavy atom. The minimum atomic E-state index is -0.180. The number of anilines is 1. The topological polar surface area (TPSA) is 52.7 Å². The molecule has 0 saturated heterocycles. The lowest BCUT2D eigenvalue weighted by atomic mass is 10.1. The summed E-state index contributed by atoms with van der Waals surface area (Å²) in [5, 5.41) is 2.93. The molecule has 2 amide bonds. The molecule has 2 rings (SSSR count). The minimum Gasteiger partial charge on any atom is -0.335 e. The highest BCUT2D eigenvalue weighted by atomic mass is 16.2. The first-order valence-corrected chi connectivity index (χ1v) is 9.77. The largest absolute Gasteiger partial charge is 0.335 e. The number of para-hydroxylation sites is 1. The number of amides is 2. The molecule has 0 aliphatic heterocycles. The van der Waals surface area contributed by atoms with E-state index in [2.05, 4.69) is 22.3 Å². The molecule has 0 spiro atoms. The number of hydrogen-bond acceptors (Lipinski definition) is 3. The zero-order valence-corrected chi connectivity index (χ0v) is 17.4. The number of hydrogen-bond donors (Lipinski definition) is 1. The van der Waals surface area contributed by atoms with Crippen molar-refractivity contribution in [2.24, 2.45) is 0 Å². The van der Waals surface area contributed by atoms with Gasteiger partial charge in [0, 0.05) is 19.3 Å². The number of carbonyl (C=O) groups is 2. The molecule has 1 N–H and O–H groups in total. The molecule has 0 saturated carbocycles. The van der Waals surface area contributed by atoms with Gasteiger partial charge in [0.05, 0.1) is 13.1 Å². The van der Waals surface area contributed by atoms with Crippen LogP contribution in [0.2, 0.25) is 0 Å². The van der Waals surface area contributed by atoms with Crippen LogP contribution in [0.25, 0.3) is 0 Å². The zero-order chi connectivity index (χ0) is 20.5. The summed E-state index contributed by atoms with van der Waals surface area (Å²) >= 11 is 0. The lowest BCUT2D eigenvalue weighted by molar-refractivity contribution is -0.134. The maximum Gasteiger partial charge on any atom is 0.243 e. The third-order valence-electron chi connectivity index (χ3n) is 4.92. The summed E-state index contributed by atoms with van der Waals surface area (Å²) in [7, 11) is 1.68. The van der Waals surface area contributed by atoms with E-state index in [1.165, 1.54) is 10.5 Å². The number of benzene rings is 2. The Kier molecular flexibility index (Phi) is 8.20. The fourth-order valence-electron chi connectivity index (χ4n) is 3.09. The fraction of sp³-hybridized carbons (Fsp3) is 0.391. The Balaban J connectivity index is 1.84. The molecule has 0 aliphatic carbocycles. The van der Waals surface area contributed by atoms with E-state index in [0.29, 0.717) is 6.54 Å². The van der Waals surface area contributed by atoms with Crippen molar-refractivity contribution in [1.82, 2.24) is 9.80 Å². The van der Waals surface area contributed by atoms with E-state index in [1.54, 1.807) is 7.05 Å². The van der Waals surface area contributed by atoms with Gasteiger partial charge in [0.15, 0.2) is 0 Å². The molecule has 5 heteroatoms. The van der Waals surface area contributed by atoms with Crippen molar-refractivity contribution < 1.29 is 9.59 Å². The molecule has 0 heterocycles. The quantitative estimate of drug-likeness (QED) is 0.725. The van der Waals surface area contributed by atoms with Gasteiger partial charge < -0.3 is 10.2 Å². The minimum absolute atomic E-state index is 0.0445. The van der Waals surface area contributed by atoms with Gasteiger partial charge in [-0.1, -0.05) is 55.5 Å². The number of carbonyl (C=O) groups excluding carboxylic acids is 2. The van der Waals surface area contributed by atoms with E-state index in [4.69, 9.17) is 0 Å². The van der Waals surface area contributed by atoms with Gasteiger partial charge in [0.2, 0.25) is 11.8 Å². The Bertz CT molecular complexity index is 769. The highest BCUT2D eigenvalue weighted by molar-refractivity contribution is 5.95. The summed E-state index contributed by atoms with van der Waals surface area (Å²) in [6.07, 6.45) is 0.902. The third kappa shape index (κ3) is 6.50. The smallest absolute Gasteiger partial charge is 0.243 e. The highest BCUT2D eigenvalue weighted by Crippen LogP contribution is 2.19. The number of likely N-dealkylation sites (N-methyl/N-ethyl adjacent to an activating group) is 2. The SMILES string of the molecule is CCN(CCc1ccccc1)CC(=O)N(C)CC(=O)Nc1c(C)cccc1C. The lowest BCUT2D eigenvalue weighted by Crippen LogP contribution is -2.42. The van der Waals surface area contributed by atoms with Gasteiger partial charge in [-0.2, -0.15) is 0 Å². The van der Waals surface area contributed by atoms with E-state index in [9.17, 15) is 9.59 Å². The lowest BCUT2D eigenvalue weighted by Gasteiger charge is -2.24. The van der Waals surface area contributed by atoms with Gasteiger partial charge in [-0.05, 0) is 43.5 Å². The van der Waals surface area contributed by atoms with Crippen molar-refractivity contribution in [2.75, 3.05) is 38.5 Å². The number of nitrogens with one attached hydrogen (secondary N) is 1. The second kappa shape index (κ2) is 10.6. The molecule has 0 aliphatic rings. The molecule has 0 unspecified atom stereocenters. The highest BCUT2D eigenvalue weighted by Gasteiger charge is 2.17. The molecule has 0 fully saturated rings. The van der Waals surface area contributed by atoms with Gasteiger partial charge in [0.1, 0.15) is 0 Å². The third-order valence-corrected chi connectivity index (χ3v) is 4.92. The van der Waals surface area contributed by atoms with Crippen LogP contribution in [0.3, 0.4) is 0 Å². The first-order chi connectivity index (χ1) is 13.4. The van der Waals surface area contributed by atoms with Crippen molar-refractivity contribution in [3.05, 3.63) is 65.2 Å². The Hall–Kier alpha value is -2.66. The number of rotatable bonds is 9. The maximum absolute atomic E-state index is 12.5. The van der Waals surface area contributed by atoms with Crippen LogP contribution in [-0.4, -0.2) is 54.8 Å². The van der Waals surface area contributed by atoms with Crippen molar-refractivity contribution in [1.29, 1.82) is 0 Å². The van der Waals surface area contributed by atoms with Crippen molar-refractivity contribution in [3.8, 4) is 0 Å². The predicted molar refractivity (Wildman–Crippen MR) is 114 cm³/mol. The molecule has 0 atom stereocenters. The van der Waals surface area contributed by atoms with E-state index in [1.807, 2.05) is 57.2 Å². The molecule has 0 bridgehead atoms. The van der Waals surface area contributed by atoms with Crippen LogP contribution in [0.15, 0.2) is 48.5 Å². The van der Waals surface area contributed by atoms with Crippen molar-refractivity contribution >= 4 is 17.5 Å². The maximum atomic E-state index is 12.5. The number of aryl methyl sites for hydroxylation is 2. The molecule has 0 aromatic heterocycles. The average molecular weight is 382 g/mol. The van der Waals surface area contributed by atoms with Gasteiger partial charge in [-0.25, -0.2) is 0 Å². The Morgan fingerprint density at radius 3 is 2.18 bits per heavy atom. The second-order valence-electron chi connectivity index (χ2n) is 7.17. The van der Waals surface area contributed by atoms with E-state index in [-0.39, 0.29) is 18.4 Å². The van der Waals surface area contributed by atoms with Gasteiger partial charge in [0.25, 0.3) is 0 Å². The summed E-state index contributed by atoms with van der Waals surface area (Å²) in [4.78, 5) is 28.5. The van der Waals surface area contributed by atoms with Gasteiger partial charge in [-0.15, -0.1) is 0 Å². The summed E-state index contributed by atoms with van der Waals surface area (Å²) in [5.41, 5.74) is 4.11. The molecular weight excluding hydrogens is 350 g/mol. The van der Waals surface area contributed by atoms with Crippen LogP contribution in [0.1, 0.15) is 23.6 Å². The first-order valence-electron chi connectivity index (χ1n) is 9.77. The van der Waals surface area contributed by atoms with Crippen LogP contribution in [0.4, 0.5) is 5.69 Å². The van der Waals surface area contributed by atoms with E-state index in [0.717, 1.165) is 36.3 Å². The van der Waals surface area contributed by atoms with E-state index < -0.39 is 0 Å². The molecule has 5 nitrogen and oxygen atoms in total. The summed E-state index contributed by atoms with van der Waals surface area (Å²) in [5.74, 6) is -0.229. The van der Waals surface area contributed by atoms with Crippen LogP contribution >= 0.6 is 0 Å². The zero-order valence-electron chi connectivity index (χ0n) is 17.4. The standard InChI is InChI=1S/C23H31N3O2/c1-5-26(15-14-20-12-7-6-8-13-20)17-22(28)25(4)16-21(27)24-23-18(2)10-9-11-19(23)3/h6-13H,5,14-17H2,1-4H3,(H,24,27). The van der Waals surface area contributed by atoms with Crippen molar-refractivity contribution in [3.63, 3.8) is 0 Å². The van der Waals surface area contributed by atoms with Crippen LogP contribution in [-0.2, 0) is 16.0 Å². The normalized spacial score (nSPS) is 10.8. The molecule has 2 aromatic carbocycles. The summed E-state index contributed by atoms with van der Waals surface area (Å²) in [6.45, 7) is 7.94. The van der Waals surface area contributed by atoms with Gasteiger partial charge >= 0.3 is 0 Å². The summed E-state index contributed by atoms with van der Waals surface area (Å²) in [6, 6.07) is 16.1. The summed E-state index contributed by atoms with van der Waals surface area (Å²) < 4.78 is 0. The van der Waals surface area contributed by atoms with E-state index >= 15 is 0 Å². The molecule has 0 radical (unpaired) electrons. The molecule has 28 heavy (non-hydrogen) atoms. The number of nitrogens with zero attached hydrogens (tertiary/aromatic N) is 2. The Morgan fingerprint density at radius 1 is 0.929 bits per heavy atom. The van der Waals surface area contributed by atoms with Crippen molar-refractivity contribution in [2.45, 2.75) is 27.2 Å². The molecule has 150 valence electrons. The average Bonchev–Trinajstić information content (AvgIpc) is 2.68. The predicted octanol–water partition coefficient (Wildman–Crippen LogP) is 3.26. The second-order valence-corrected chi connectivity index (χ2v) is 7.17. The Labute approximate surface area is 168 Å². The fourth-order valence-corrected chi connectivity index (χ4v) is 3.09. The first kappa shape index (κ1) is 21.6. The van der Waals surface area contributed by atoms with Crippen LogP contribution < -0.4 is 5.32 Å². The van der Waals surface area contributed by atoms with Gasteiger partial charge in [-0.3, -0.25) is 14.5 Å². The van der Waals surface area contributed by atoms with Crippen LogP contribution in [0, 0.1) is 13.8 Å². The molecule has 2 aromatic rings. The monoisotopic (exact) mass is 381 g/mol. The van der Waals surface area contributed by atoms with Crippen LogP contribution in [0.5, 0.6) is 0 Å². The molecular formula is C23H31N3O2.